The van der Waals surface area contributed by atoms with Crippen molar-refractivity contribution in [3.63, 3.8) is 0 Å². The van der Waals surface area contributed by atoms with Crippen molar-refractivity contribution in [3.05, 3.63) is 65.2 Å². The molecule has 2 aromatic rings. The second-order valence-corrected chi connectivity index (χ2v) is 5.11. The number of carboxylic acids is 1. The van der Waals surface area contributed by atoms with Crippen molar-refractivity contribution in [1.82, 2.24) is 0 Å². The molecule has 0 unspecified atom stereocenters. The molecule has 0 aliphatic heterocycles. The Balaban J connectivity index is 0.000000480. The lowest BCUT2D eigenvalue weighted by Crippen LogP contribution is -2.21. The van der Waals surface area contributed by atoms with Gasteiger partial charge in [0.15, 0.2) is 0 Å². The summed E-state index contributed by atoms with van der Waals surface area (Å²) >= 11 is 0. The maximum Gasteiger partial charge on any atom is 0.490 e. The van der Waals surface area contributed by atoms with Crippen molar-refractivity contribution in [1.29, 1.82) is 0 Å². The Morgan fingerprint density at radius 3 is 1.75 bits per heavy atom. The highest BCUT2D eigenvalue weighted by Gasteiger charge is 2.38. The van der Waals surface area contributed by atoms with Crippen LogP contribution in [0.5, 0.6) is 5.75 Å². The number of alkyl halides is 3. The normalized spacial score (nSPS) is 10.3. The fourth-order valence-corrected chi connectivity index (χ4v) is 1.72. The van der Waals surface area contributed by atoms with Crippen LogP contribution in [0.4, 0.5) is 13.2 Å². The Morgan fingerprint density at radius 1 is 0.929 bits per heavy atom. The summed E-state index contributed by atoms with van der Waals surface area (Å²) in [6.07, 6.45) is -5.08. The first-order valence-corrected chi connectivity index (χ1v) is 7.58. The van der Waals surface area contributed by atoms with E-state index in [1.54, 1.807) is 36.4 Å². The van der Waals surface area contributed by atoms with Gasteiger partial charge in [-0.15, -0.1) is 0 Å². The summed E-state index contributed by atoms with van der Waals surface area (Å²) in [4.78, 5) is 32.1. The zero-order valence-corrected chi connectivity index (χ0v) is 14.5. The van der Waals surface area contributed by atoms with Gasteiger partial charge < -0.3 is 20.3 Å². The molecule has 0 aromatic heterocycles. The highest BCUT2D eigenvalue weighted by Crippen LogP contribution is 2.15. The number of methoxy groups -OCH3 is 1. The van der Waals surface area contributed by atoms with Gasteiger partial charge in [0.25, 0.3) is 0 Å². The summed E-state index contributed by atoms with van der Waals surface area (Å²) in [5.41, 5.74) is 7.26. The van der Waals surface area contributed by atoms with Crippen LogP contribution in [0.25, 0.3) is 0 Å². The summed E-state index contributed by atoms with van der Waals surface area (Å²) in [5, 5.41) is 7.12. The fourth-order valence-electron chi connectivity index (χ4n) is 1.72. The number of hydrogen-bond donors (Lipinski definition) is 2. The molecule has 28 heavy (non-hydrogen) atoms. The maximum absolute atomic E-state index is 11.9. The number of hydrogen-bond acceptors (Lipinski definition) is 6. The van der Waals surface area contributed by atoms with E-state index in [0.29, 0.717) is 23.4 Å². The molecule has 2 aromatic carbocycles. The first-order valence-electron chi connectivity index (χ1n) is 7.58. The van der Waals surface area contributed by atoms with Crippen LogP contribution in [0.15, 0.2) is 48.5 Å². The van der Waals surface area contributed by atoms with E-state index < -0.39 is 24.1 Å². The second kappa shape index (κ2) is 10.1. The van der Waals surface area contributed by atoms with E-state index in [2.05, 4.69) is 4.74 Å². The molecular formula is C18H16F3NO6. The molecule has 0 radical (unpaired) electrons. The van der Waals surface area contributed by atoms with Crippen LogP contribution in [0.2, 0.25) is 0 Å². The van der Waals surface area contributed by atoms with Gasteiger partial charge in [-0.25, -0.2) is 14.4 Å². The Morgan fingerprint density at radius 2 is 1.36 bits per heavy atom. The number of nitrogens with two attached hydrogens (primary N) is 1. The number of rotatable bonds is 4. The number of benzene rings is 2. The average Bonchev–Trinajstić information content (AvgIpc) is 2.67. The summed E-state index contributed by atoms with van der Waals surface area (Å²) < 4.78 is 41.5. The van der Waals surface area contributed by atoms with E-state index in [0.717, 1.165) is 5.56 Å². The Bertz CT molecular complexity index is 817. The third-order valence-corrected chi connectivity index (χ3v) is 3.15. The number of carbonyl (C=O) groups excluding carboxylic acids is 2. The molecule has 3 N–H and O–H groups in total. The van der Waals surface area contributed by atoms with E-state index >= 15 is 0 Å². The first-order chi connectivity index (χ1) is 13.1. The third-order valence-electron chi connectivity index (χ3n) is 3.15. The molecule has 150 valence electrons. The van der Waals surface area contributed by atoms with Crippen LogP contribution in [0, 0.1) is 0 Å². The van der Waals surface area contributed by atoms with Crippen molar-refractivity contribution in [2.75, 3.05) is 7.11 Å². The van der Waals surface area contributed by atoms with Crippen molar-refractivity contribution in [2.24, 2.45) is 5.73 Å². The van der Waals surface area contributed by atoms with E-state index in [1.807, 2.05) is 0 Å². The predicted molar refractivity (Wildman–Crippen MR) is 90.8 cm³/mol. The summed E-state index contributed by atoms with van der Waals surface area (Å²) in [6, 6.07) is 13.0. The molecule has 0 atom stereocenters. The van der Waals surface area contributed by atoms with Gasteiger partial charge in [-0.3, -0.25) is 0 Å². The predicted octanol–water partition coefficient (Wildman–Crippen LogP) is 2.78. The van der Waals surface area contributed by atoms with Gasteiger partial charge in [0.05, 0.1) is 18.2 Å². The topological polar surface area (TPSA) is 116 Å². The Labute approximate surface area is 157 Å². The highest BCUT2D eigenvalue weighted by atomic mass is 19.4. The number of halogens is 3. The quantitative estimate of drug-likeness (QED) is 0.600. The molecule has 0 aliphatic rings. The van der Waals surface area contributed by atoms with Crippen molar-refractivity contribution < 1.29 is 42.1 Å². The summed E-state index contributed by atoms with van der Waals surface area (Å²) in [7, 11) is 1.31. The van der Waals surface area contributed by atoms with Gasteiger partial charge >= 0.3 is 24.1 Å². The fraction of sp³-hybridized carbons (Fsp3) is 0.167. The molecule has 0 saturated carbocycles. The molecule has 0 aliphatic carbocycles. The number of aliphatic carboxylic acids is 1. The van der Waals surface area contributed by atoms with Crippen LogP contribution < -0.4 is 10.5 Å². The number of carboxylic acid groups (broad SMARTS) is 1. The van der Waals surface area contributed by atoms with Crippen LogP contribution in [-0.4, -0.2) is 36.3 Å². The summed E-state index contributed by atoms with van der Waals surface area (Å²) in [6.45, 7) is 0.421. The SMILES string of the molecule is COC(=O)c1ccc(OC(=O)c2ccc(CN)cc2)cc1.O=C(O)C(F)(F)F. The van der Waals surface area contributed by atoms with Gasteiger partial charge in [0.1, 0.15) is 5.75 Å². The van der Waals surface area contributed by atoms with E-state index in [1.165, 1.54) is 19.2 Å². The molecule has 0 spiro atoms. The van der Waals surface area contributed by atoms with Crippen LogP contribution in [0.1, 0.15) is 26.3 Å². The minimum atomic E-state index is -5.08. The smallest absolute Gasteiger partial charge is 0.475 e. The lowest BCUT2D eigenvalue weighted by molar-refractivity contribution is -0.192. The molecule has 0 heterocycles. The number of esters is 2. The van der Waals surface area contributed by atoms with Crippen LogP contribution in [0.3, 0.4) is 0 Å². The number of carbonyl (C=O) groups is 3. The second-order valence-electron chi connectivity index (χ2n) is 5.11. The minimum Gasteiger partial charge on any atom is -0.475 e. The molecule has 0 saturated heterocycles. The lowest BCUT2D eigenvalue weighted by Gasteiger charge is -2.06. The van der Waals surface area contributed by atoms with E-state index in [9.17, 15) is 22.8 Å². The zero-order valence-electron chi connectivity index (χ0n) is 14.5. The van der Waals surface area contributed by atoms with Crippen molar-refractivity contribution in [2.45, 2.75) is 12.7 Å². The van der Waals surface area contributed by atoms with Crippen molar-refractivity contribution >= 4 is 17.9 Å². The molecule has 0 bridgehead atoms. The van der Waals surface area contributed by atoms with Gasteiger partial charge in [0.2, 0.25) is 0 Å². The molecule has 7 nitrogen and oxygen atoms in total. The molecule has 0 fully saturated rings. The van der Waals surface area contributed by atoms with Crippen LogP contribution >= 0.6 is 0 Å². The maximum atomic E-state index is 11.9. The van der Waals surface area contributed by atoms with Gasteiger partial charge in [-0.2, -0.15) is 13.2 Å². The van der Waals surface area contributed by atoms with Crippen LogP contribution in [-0.2, 0) is 16.1 Å². The van der Waals surface area contributed by atoms with Gasteiger partial charge in [0, 0.05) is 6.54 Å². The molecule has 0 amide bonds. The Kier molecular flexibility index (Phi) is 8.14. The van der Waals surface area contributed by atoms with E-state index in [-0.39, 0.29) is 0 Å². The molecule has 2 rings (SSSR count). The largest absolute Gasteiger partial charge is 0.490 e. The van der Waals surface area contributed by atoms with Crippen molar-refractivity contribution in [3.8, 4) is 5.75 Å². The zero-order chi connectivity index (χ0) is 21.3. The van der Waals surface area contributed by atoms with Gasteiger partial charge in [-0.1, -0.05) is 12.1 Å². The van der Waals surface area contributed by atoms with E-state index in [4.69, 9.17) is 20.4 Å². The monoisotopic (exact) mass is 399 g/mol. The molecule has 10 heteroatoms. The van der Waals surface area contributed by atoms with Gasteiger partial charge in [-0.05, 0) is 42.0 Å². The highest BCUT2D eigenvalue weighted by molar-refractivity contribution is 5.92. The first kappa shape index (κ1) is 22.6. The standard InChI is InChI=1S/C16H15NO4.C2HF3O2/c1-20-15(18)12-6-8-14(9-7-12)21-16(19)13-4-2-11(10-17)3-5-13;3-2(4,5)1(6)7/h2-9H,10,17H2,1H3;(H,6,7). The lowest BCUT2D eigenvalue weighted by atomic mass is 10.1. The minimum absolute atomic E-state index is 0.357. The molecular weight excluding hydrogens is 383 g/mol. The third kappa shape index (κ3) is 7.08. The average molecular weight is 399 g/mol. The Hall–Kier alpha value is -3.40. The number of ether oxygens (including phenoxy) is 2. The summed E-state index contributed by atoms with van der Waals surface area (Å²) in [5.74, 6) is -3.31.